The van der Waals surface area contributed by atoms with Crippen LogP contribution in [0.15, 0.2) is 78.0 Å². The Morgan fingerprint density at radius 2 is 1.62 bits per heavy atom. The maximum atomic E-state index is 14.6. The van der Waals surface area contributed by atoms with E-state index in [1.807, 2.05) is 48.5 Å². The first kappa shape index (κ1) is 24.4. The molecular weight excluding hydrogens is 510 g/mol. The zero-order valence-corrected chi connectivity index (χ0v) is 22.3. The number of nitrogens with zero attached hydrogens (tertiary/aromatic N) is 4. The second-order valence-corrected chi connectivity index (χ2v) is 13.2. The minimum absolute atomic E-state index is 0.0396. The molecule has 39 heavy (non-hydrogen) atoms. The Morgan fingerprint density at radius 3 is 2.33 bits per heavy atom. The molecular formula is C30H29N5O3S. The SMILES string of the molecule is NC12CCC(C(=O)C3(c4cnc5c(ccn5S(=O)(=O)Cc5ccccc5)n4)C=c4ccccc4=N3)(CC1)CC2. The van der Waals surface area contributed by atoms with E-state index in [1.54, 1.807) is 18.2 Å². The fourth-order valence-corrected chi connectivity index (χ4v) is 8.04. The molecule has 2 aromatic carbocycles. The molecule has 2 aromatic heterocycles. The van der Waals surface area contributed by atoms with E-state index in [0.717, 1.165) is 49.1 Å². The summed E-state index contributed by atoms with van der Waals surface area (Å²) in [5, 5.41) is 1.62. The zero-order valence-electron chi connectivity index (χ0n) is 21.5. The second-order valence-electron chi connectivity index (χ2n) is 11.4. The van der Waals surface area contributed by atoms with E-state index in [2.05, 4.69) is 4.98 Å². The molecule has 8 nitrogen and oxygen atoms in total. The summed E-state index contributed by atoms with van der Waals surface area (Å²) in [7, 11) is -3.73. The van der Waals surface area contributed by atoms with Crippen molar-refractivity contribution in [2.24, 2.45) is 16.1 Å². The third-order valence-electron chi connectivity index (χ3n) is 8.97. The molecule has 1 unspecified atom stereocenters. The van der Waals surface area contributed by atoms with Gasteiger partial charge in [0.15, 0.2) is 17.0 Å². The van der Waals surface area contributed by atoms with Crippen molar-refractivity contribution in [2.75, 3.05) is 0 Å². The predicted octanol–water partition coefficient (Wildman–Crippen LogP) is 2.74. The smallest absolute Gasteiger partial charge is 0.244 e. The van der Waals surface area contributed by atoms with Gasteiger partial charge in [-0.3, -0.25) is 9.79 Å². The molecule has 2 bridgehead atoms. The molecule has 2 N–H and O–H groups in total. The first-order chi connectivity index (χ1) is 18.7. The topological polar surface area (TPSA) is 120 Å². The molecule has 0 saturated heterocycles. The Bertz CT molecular complexity index is 1800. The number of aromatic nitrogens is 3. The lowest BCUT2D eigenvalue weighted by Crippen LogP contribution is -2.57. The number of para-hydroxylation sites is 1. The molecule has 8 rings (SSSR count). The van der Waals surface area contributed by atoms with Gasteiger partial charge < -0.3 is 5.73 Å². The summed E-state index contributed by atoms with van der Waals surface area (Å²) in [6.07, 6.45) is 9.63. The van der Waals surface area contributed by atoms with Crippen LogP contribution in [0.4, 0.5) is 0 Å². The predicted molar refractivity (Wildman–Crippen MR) is 147 cm³/mol. The van der Waals surface area contributed by atoms with Crippen LogP contribution >= 0.6 is 0 Å². The van der Waals surface area contributed by atoms with Gasteiger partial charge in [0.25, 0.3) is 0 Å². The van der Waals surface area contributed by atoms with Gasteiger partial charge in [-0.2, -0.15) is 0 Å². The maximum absolute atomic E-state index is 14.6. The van der Waals surface area contributed by atoms with Crippen molar-refractivity contribution < 1.29 is 13.2 Å². The van der Waals surface area contributed by atoms with Crippen molar-refractivity contribution in [3.63, 3.8) is 0 Å². The number of rotatable bonds is 6. The molecule has 4 aromatic rings. The molecule has 3 aliphatic carbocycles. The molecule has 3 heterocycles. The van der Waals surface area contributed by atoms with E-state index in [0.29, 0.717) is 16.8 Å². The minimum atomic E-state index is -3.73. The average Bonchev–Trinajstić information content (AvgIpc) is 3.56. The van der Waals surface area contributed by atoms with Crippen molar-refractivity contribution in [1.29, 1.82) is 0 Å². The van der Waals surface area contributed by atoms with E-state index < -0.39 is 21.0 Å². The second kappa shape index (κ2) is 8.40. The third-order valence-corrected chi connectivity index (χ3v) is 10.6. The molecule has 198 valence electrons. The molecule has 3 saturated carbocycles. The van der Waals surface area contributed by atoms with Gasteiger partial charge in [0, 0.05) is 17.2 Å². The van der Waals surface area contributed by atoms with Crippen molar-refractivity contribution >= 4 is 33.0 Å². The normalized spacial score (nSPS) is 27.6. The highest BCUT2D eigenvalue weighted by molar-refractivity contribution is 7.89. The van der Waals surface area contributed by atoms with Gasteiger partial charge in [-0.15, -0.1) is 0 Å². The van der Waals surface area contributed by atoms with Crippen molar-refractivity contribution in [1.82, 2.24) is 13.9 Å². The van der Waals surface area contributed by atoms with Crippen LogP contribution in [0.2, 0.25) is 0 Å². The average molecular weight is 540 g/mol. The van der Waals surface area contributed by atoms with Crippen LogP contribution in [0.5, 0.6) is 0 Å². The minimum Gasteiger partial charge on any atom is -0.325 e. The summed E-state index contributed by atoms with van der Waals surface area (Å²) < 4.78 is 27.7. The Kier molecular flexibility index (Phi) is 5.25. The zero-order chi connectivity index (χ0) is 26.9. The number of carbonyl (C=O) groups is 1. The van der Waals surface area contributed by atoms with Crippen molar-refractivity contribution in [2.45, 2.75) is 55.4 Å². The fraction of sp³-hybridized carbons (Fsp3) is 0.333. The summed E-state index contributed by atoms with van der Waals surface area (Å²) in [4.78, 5) is 29.1. The summed E-state index contributed by atoms with van der Waals surface area (Å²) in [6.45, 7) is 0. The first-order valence-electron chi connectivity index (χ1n) is 13.4. The van der Waals surface area contributed by atoms with Crippen LogP contribution in [0.1, 0.15) is 49.8 Å². The van der Waals surface area contributed by atoms with E-state index >= 15 is 0 Å². The Balaban J connectivity index is 1.33. The monoisotopic (exact) mass is 539 g/mol. The Hall–Kier alpha value is -3.69. The maximum Gasteiger partial charge on any atom is 0.244 e. The third kappa shape index (κ3) is 3.78. The Morgan fingerprint density at radius 1 is 0.923 bits per heavy atom. The number of ketones is 1. The lowest BCUT2D eigenvalue weighted by atomic mass is 9.53. The highest BCUT2D eigenvalue weighted by atomic mass is 32.2. The summed E-state index contributed by atoms with van der Waals surface area (Å²) in [5.41, 5.74) is 6.30. The molecule has 4 aliphatic rings. The molecule has 3 fully saturated rings. The van der Waals surface area contributed by atoms with Crippen LogP contribution in [0.25, 0.3) is 17.2 Å². The van der Waals surface area contributed by atoms with E-state index in [9.17, 15) is 13.2 Å². The van der Waals surface area contributed by atoms with Gasteiger partial charge >= 0.3 is 0 Å². The van der Waals surface area contributed by atoms with Crippen LogP contribution in [-0.2, 0) is 26.1 Å². The number of benzene rings is 2. The first-order valence-corrected chi connectivity index (χ1v) is 15.0. The van der Waals surface area contributed by atoms with Crippen molar-refractivity contribution in [3.05, 3.63) is 94.9 Å². The number of nitrogens with two attached hydrogens (primary N) is 1. The van der Waals surface area contributed by atoms with Gasteiger partial charge in [0.05, 0.1) is 23.0 Å². The number of Topliss-reactive ketones (excluding diaryl/α,β-unsaturated/α-hetero) is 1. The molecule has 9 heteroatoms. The summed E-state index contributed by atoms with van der Waals surface area (Å²) >= 11 is 0. The van der Waals surface area contributed by atoms with Crippen LogP contribution in [-0.4, -0.2) is 33.7 Å². The quantitative estimate of drug-likeness (QED) is 0.402. The van der Waals surface area contributed by atoms with Gasteiger partial charge in [-0.25, -0.2) is 22.4 Å². The number of carbonyl (C=O) groups excluding carboxylic acids is 1. The van der Waals surface area contributed by atoms with Crippen LogP contribution in [0, 0.1) is 5.41 Å². The molecule has 0 spiro atoms. The lowest BCUT2D eigenvalue weighted by Gasteiger charge is -2.52. The number of hydrogen-bond donors (Lipinski definition) is 1. The lowest BCUT2D eigenvalue weighted by molar-refractivity contribution is -0.139. The fourth-order valence-electron chi connectivity index (χ4n) is 6.63. The largest absolute Gasteiger partial charge is 0.325 e. The highest BCUT2D eigenvalue weighted by Crippen LogP contribution is 2.55. The summed E-state index contributed by atoms with van der Waals surface area (Å²) in [6, 6.07) is 18.4. The molecule has 0 amide bonds. The van der Waals surface area contributed by atoms with E-state index in [1.165, 1.54) is 16.4 Å². The Labute approximate surface area is 226 Å². The standard InChI is InChI=1S/C30H29N5O3S/c31-29-14-11-28(12-15-29,13-16-29)27(36)30(18-22-8-4-5-9-23(22)34-30)25-19-32-26-24(33-25)10-17-35(26)39(37,38)20-21-6-2-1-3-7-21/h1-10,17-19H,11-16,20,31H2. The highest BCUT2D eigenvalue weighted by Gasteiger charge is 2.57. The van der Waals surface area contributed by atoms with Gasteiger partial charge in [-0.1, -0.05) is 48.5 Å². The molecule has 1 atom stereocenters. The van der Waals surface area contributed by atoms with Crippen molar-refractivity contribution in [3.8, 4) is 0 Å². The van der Waals surface area contributed by atoms with Crippen LogP contribution in [0.3, 0.4) is 0 Å². The van der Waals surface area contributed by atoms with E-state index in [4.69, 9.17) is 15.7 Å². The number of fused-ring (bicyclic) bond motifs is 5. The number of hydrogen-bond acceptors (Lipinski definition) is 7. The summed E-state index contributed by atoms with van der Waals surface area (Å²) in [5.74, 6) is -0.120. The van der Waals surface area contributed by atoms with E-state index in [-0.39, 0.29) is 22.7 Å². The van der Waals surface area contributed by atoms with Crippen LogP contribution < -0.4 is 16.3 Å². The molecule has 1 aliphatic heterocycles. The molecule has 0 radical (unpaired) electrons. The van der Waals surface area contributed by atoms with Gasteiger partial charge in [0.1, 0.15) is 5.52 Å². The van der Waals surface area contributed by atoms with Gasteiger partial charge in [-0.05, 0) is 67.5 Å². The van der Waals surface area contributed by atoms with Gasteiger partial charge in [0.2, 0.25) is 10.0 Å².